The molecule has 0 saturated carbocycles. The molecule has 0 aliphatic carbocycles. The summed E-state index contributed by atoms with van der Waals surface area (Å²) < 4.78 is 6.03. The summed E-state index contributed by atoms with van der Waals surface area (Å²) in [5.41, 5.74) is 2.10. The van der Waals surface area contributed by atoms with Crippen LogP contribution in [-0.4, -0.2) is 20.2 Å². The summed E-state index contributed by atoms with van der Waals surface area (Å²) in [5.74, 6) is 0.738. The fourth-order valence-corrected chi connectivity index (χ4v) is 2.19. The zero-order valence-corrected chi connectivity index (χ0v) is 12.1. The van der Waals surface area contributed by atoms with Gasteiger partial charge in [-0.25, -0.2) is 0 Å². The Bertz CT molecular complexity index is 771. The largest absolute Gasteiger partial charge is 0.507 e. The van der Waals surface area contributed by atoms with Crippen LogP contribution in [-0.2, 0) is 0 Å². The molecule has 0 aliphatic heterocycles. The molecule has 0 unspecified atom stereocenters. The first kappa shape index (κ1) is 12.8. The van der Waals surface area contributed by atoms with E-state index >= 15 is 0 Å². The van der Waals surface area contributed by atoms with Gasteiger partial charge in [0.05, 0.1) is 5.56 Å². The number of aryl methyl sites for hydroxylation is 1. The van der Waals surface area contributed by atoms with E-state index in [-0.39, 0.29) is 11.6 Å². The van der Waals surface area contributed by atoms with Gasteiger partial charge in [0.2, 0.25) is 5.82 Å². The summed E-state index contributed by atoms with van der Waals surface area (Å²) in [7, 11) is 0. The molecule has 0 amide bonds. The summed E-state index contributed by atoms with van der Waals surface area (Å²) in [6.45, 7) is 1.93. The molecule has 6 heteroatoms. The molecule has 2 heterocycles. The Morgan fingerprint density at radius 3 is 2.90 bits per heavy atom. The molecule has 3 rings (SSSR count). The number of phenolic OH excluding ortho intramolecular Hbond substituents is 1. The summed E-state index contributed by atoms with van der Waals surface area (Å²) in [4.78, 5) is 8.53. The highest BCUT2D eigenvalue weighted by Gasteiger charge is 2.16. The van der Waals surface area contributed by atoms with Crippen LogP contribution in [0.15, 0.2) is 45.5 Å². The maximum Gasteiger partial charge on any atom is 0.262 e. The van der Waals surface area contributed by atoms with Gasteiger partial charge in [0, 0.05) is 10.7 Å². The molecule has 1 N–H and O–H groups in total. The third-order valence-electron chi connectivity index (χ3n) is 2.84. The van der Waals surface area contributed by atoms with Crippen molar-refractivity contribution < 1.29 is 9.63 Å². The minimum absolute atomic E-state index is 0.0844. The summed E-state index contributed by atoms with van der Waals surface area (Å²) in [5, 5.41) is 13.8. The normalized spacial score (nSPS) is 10.7. The smallest absolute Gasteiger partial charge is 0.262 e. The fraction of sp³-hybridized carbons (Fsp3) is 0.0714. The predicted molar refractivity (Wildman–Crippen MR) is 77.1 cm³/mol. The van der Waals surface area contributed by atoms with Crippen LogP contribution in [0.25, 0.3) is 23.0 Å². The number of phenols is 1. The van der Waals surface area contributed by atoms with Crippen LogP contribution in [0.4, 0.5) is 0 Å². The number of aromatic nitrogens is 3. The van der Waals surface area contributed by atoms with Crippen molar-refractivity contribution >= 4 is 15.9 Å². The monoisotopic (exact) mass is 331 g/mol. The lowest BCUT2D eigenvalue weighted by molar-refractivity contribution is 0.425. The van der Waals surface area contributed by atoms with Crippen LogP contribution >= 0.6 is 15.9 Å². The number of pyridine rings is 1. The van der Waals surface area contributed by atoms with Crippen molar-refractivity contribution in [2.75, 3.05) is 0 Å². The van der Waals surface area contributed by atoms with E-state index in [0.29, 0.717) is 17.1 Å². The van der Waals surface area contributed by atoms with Gasteiger partial charge in [0.1, 0.15) is 11.4 Å². The number of hydrogen-bond acceptors (Lipinski definition) is 5. The molecule has 0 bridgehead atoms. The highest BCUT2D eigenvalue weighted by Crippen LogP contribution is 2.31. The van der Waals surface area contributed by atoms with Crippen molar-refractivity contribution in [2.24, 2.45) is 0 Å². The zero-order valence-electron chi connectivity index (χ0n) is 10.5. The van der Waals surface area contributed by atoms with Crippen LogP contribution in [0.2, 0.25) is 0 Å². The number of aromatic hydroxyl groups is 1. The molecule has 0 fully saturated rings. The fourth-order valence-electron chi connectivity index (χ4n) is 1.83. The van der Waals surface area contributed by atoms with Crippen LogP contribution in [0.5, 0.6) is 5.75 Å². The summed E-state index contributed by atoms with van der Waals surface area (Å²) in [6, 6.07) is 8.79. The van der Waals surface area contributed by atoms with E-state index in [1.165, 1.54) is 0 Å². The lowest BCUT2D eigenvalue weighted by Crippen LogP contribution is -1.89. The van der Waals surface area contributed by atoms with Crippen molar-refractivity contribution in [1.82, 2.24) is 15.1 Å². The van der Waals surface area contributed by atoms with Crippen LogP contribution < -0.4 is 0 Å². The molecule has 5 nitrogen and oxygen atoms in total. The lowest BCUT2D eigenvalue weighted by atomic mass is 10.2. The first-order valence-corrected chi connectivity index (χ1v) is 6.69. The minimum atomic E-state index is 0.0844. The molecule has 0 aliphatic rings. The second-order valence-electron chi connectivity index (χ2n) is 4.25. The molecule has 0 spiro atoms. The van der Waals surface area contributed by atoms with E-state index < -0.39 is 0 Å². The number of halogens is 1. The number of nitrogens with zero attached hydrogens (tertiary/aromatic N) is 3. The van der Waals surface area contributed by atoms with E-state index in [1.807, 2.05) is 19.1 Å². The minimum Gasteiger partial charge on any atom is -0.507 e. The molecule has 0 radical (unpaired) electrons. The molecule has 1 aromatic carbocycles. The molecule has 3 aromatic rings. The van der Waals surface area contributed by atoms with Gasteiger partial charge in [-0.15, -0.1) is 0 Å². The zero-order chi connectivity index (χ0) is 14.1. The maximum absolute atomic E-state index is 9.86. The number of rotatable bonds is 2. The summed E-state index contributed by atoms with van der Waals surface area (Å²) >= 11 is 3.34. The molecular weight excluding hydrogens is 322 g/mol. The van der Waals surface area contributed by atoms with Gasteiger partial charge in [0.25, 0.3) is 5.89 Å². The molecule has 2 aromatic heterocycles. The van der Waals surface area contributed by atoms with Crippen molar-refractivity contribution in [2.45, 2.75) is 6.92 Å². The Hall–Kier alpha value is -2.21. The highest BCUT2D eigenvalue weighted by molar-refractivity contribution is 9.10. The first-order valence-electron chi connectivity index (χ1n) is 5.90. The van der Waals surface area contributed by atoms with Crippen molar-refractivity contribution in [3.63, 3.8) is 0 Å². The SMILES string of the molecule is Cc1cccnc1-c1noc(-c2cc(Br)ccc2O)n1. The van der Waals surface area contributed by atoms with Gasteiger partial charge in [-0.3, -0.25) is 4.98 Å². The molecule has 0 atom stereocenters. The first-order chi connectivity index (χ1) is 9.65. The van der Waals surface area contributed by atoms with Crippen LogP contribution in [0.1, 0.15) is 5.56 Å². The summed E-state index contributed by atoms with van der Waals surface area (Å²) in [6.07, 6.45) is 1.68. The van der Waals surface area contributed by atoms with Gasteiger partial charge < -0.3 is 9.63 Å². The standard InChI is InChI=1S/C14H10BrN3O2/c1-8-3-2-6-16-12(8)13-17-14(20-18-13)10-7-9(15)4-5-11(10)19/h2-7,19H,1H3. The maximum atomic E-state index is 9.86. The average molecular weight is 332 g/mol. The average Bonchev–Trinajstić information content (AvgIpc) is 2.91. The Morgan fingerprint density at radius 1 is 1.25 bits per heavy atom. The lowest BCUT2D eigenvalue weighted by Gasteiger charge is -1.99. The molecule has 0 saturated heterocycles. The van der Waals surface area contributed by atoms with E-state index in [9.17, 15) is 5.11 Å². The third kappa shape index (κ3) is 2.30. The molecule has 20 heavy (non-hydrogen) atoms. The van der Waals surface area contributed by atoms with Gasteiger partial charge in [-0.05, 0) is 36.8 Å². The van der Waals surface area contributed by atoms with E-state index in [2.05, 4.69) is 31.1 Å². The quantitative estimate of drug-likeness (QED) is 0.777. The second kappa shape index (κ2) is 5.05. The van der Waals surface area contributed by atoms with Crippen LogP contribution in [0.3, 0.4) is 0 Å². The van der Waals surface area contributed by atoms with Gasteiger partial charge in [-0.1, -0.05) is 27.2 Å². The predicted octanol–water partition coefficient (Wildman–Crippen LogP) is 3.58. The molecule has 100 valence electrons. The molecular formula is C14H10BrN3O2. The number of benzene rings is 1. The second-order valence-corrected chi connectivity index (χ2v) is 5.17. The number of hydrogen-bond donors (Lipinski definition) is 1. The highest BCUT2D eigenvalue weighted by atomic mass is 79.9. The Morgan fingerprint density at radius 2 is 2.10 bits per heavy atom. The van der Waals surface area contributed by atoms with E-state index in [0.717, 1.165) is 10.0 Å². The van der Waals surface area contributed by atoms with Crippen molar-refractivity contribution in [1.29, 1.82) is 0 Å². The third-order valence-corrected chi connectivity index (χ3v) is 3.33. The van der Waals surface area contributed by atoms with Gasteiger partial charge in [0.15, 0.2) is 0 Å². The Balaban J connectivity index is 2.07. The van der Waals surface area contributed by atoms with E-state index in [4.69, 9.17) is 4.52 Å². The Labute approximate surface area is 123 Å². The Kier molecular flexibility index (Phi) is 3.23. The van der Waals surface area contributed by atoms with Crippen LogP contribution in [0, 0.1) is 6.92 Å². The van der Waals surface area contributed by atoms with Gasteiger partial charge in [-0.2, -0.15) is 4.98 Å². The topological polar surface area (TPSA) is 72.0 Å². The van der Waals surface area contributed by atoms with Crippen molar-refractivity contribution in [3.05, 3.63) is 46.6 Å². The van der Waals surface area contributed by atoms with Gasteiger partial charge >= 0.3 is 0 Å². The van der Waals surface area contributed by atoms with E-state index in [1.54, 1.807) is 24.4 Å². The van der Waals surface area contributed by atoms with Crippen molar-refractivity contribution in [3.8, 4) is 28.7 Å².